The summed E-state index contributed by atoms with van der Waals surface area (Å²) in [6, 6.07) is 5.87. The Morgan fingerprint density at radius 2 is 1.71 bits per heavy atom. The standard InChI is InChI=1S/C12H6F3NO/c13-8-5-7(6-9(14)11(8)15)12(17)10-3-1-2-4-16-10/h1-6H. The molecule has 0 saturated heterocycles. The summed E-state index contributed by atoms with van der Waals surface area (Å²) >= 11 is 0. The van der Waals surface area contributed by atoms with Crippen molar-refractivity contribution in [2.24, 2.45) is 0 Å². The lowest BCUT2D eigenvalue weighted by Crippen LogP contribution is -2.06. The Hall–Kier alpha value is -2.17. The molecular weight excluding hydrogens is 231 g/mol. The summed E-state index contributed by atoms with van der Waals surface area (Å²) in [7, 11) is 0. The van der Waals surface area contributed by atoms with Crippen molar-refractivity contribution in [2.45, 2.75) is 0 Å². The number of rotatable bonds is 2. The molecule has 0 spiro atoms. The first-order valence-electron chi connectivity index (χ1n) is 4.70. The van der Waals surface area contributed by atoms with Crippen molar-refractivity contribution in [2.75, 3.05) is 0 Å². The lowest BCUT2D eigenvalue weighted by molar-refractivity contribution is 0.103. The Bertz CT molecular complexity index is 546. The summed E-state index contributed by atoms with van der Waals surface area (Å²) in [5.74, 6) is -5.06. The third-order valence-electron chi connectivity index (χ3n) is 2.14. The number of halogens is 3. The molecule has 0 fully saturated rings. The topological polar surface area (TPSA) is 30.0 Å². The van der Waals surface area contributed by atoms with Gasteiger partial charge in [-0.05, 0) is 24.3 Å². The van der Waals surface area contributed by atoms with Crippen molar-refractivity contribution >= 4 is 5.78 Å². The minimum atomic E-state index is -1.59. The third kappa shape index (κ3) is 2.18. The molecule has 0 aliphatic rings. The highest BCUT2D eigenvalue weighted by Gasteiger charge is 2.16. The number of hydrogen-bond donors (Lipinski definition) is 0. The molecule has 17 heavy (non-hydrogen) atoms. The van der Waals surface area contributed by atoms with Gasteiger partial charge in [0, 0.05) is 11.8 Å². The van der Waals surface area contributed by atoms with E-state index in [4.69, 9.17) is 0 Å². The zero-order valence-electron chi connectivity index (χ0n) is 8.45. The molecular formula is C12H6F3NO. The smallest absolute Gasteiger partial charge is 0.211 e. The van der Waals surface area contributed by atoms with E-state index in [0.717, 1.165) is 0 Å². The fourth-order valence-corrected chi connectivity index (χ4v) is 1.33. The molecule has 2 aromatic rings. The third-order valence-corrected chi connectivity index (χ3v) is 2.14. The Balaban J connectivity index is 2.45. The zero-order valence-corrected chi connectivity index (χ0v) is 8.45. The second-order valence-electron chi connectivity index (χ2n) is 3.30. The predicted octanol–water partition coefficient (Wildman–Crippen LogP) is 2.73. The average molecular weight is 237 g/mol. The first kappa shape index (κ1) is 11.3. The molecule has 0 radical (unpaired) electrons. The zero-order chi connectivity index (χ0) is 12.4. The van der Waals surface area contributed by atoms with Gasteiger partial charge in [-0.3, -0.25) is 9.78 Å². The van der Waals surface area contributed by atoms with Gasteiger partial charge in [0.15, 0.2) is 17.5 Å². The van der Waals surface area contributed by atoms with Gasteiger partial charge in [0.2, 0.25) is 5.78 Å². The Kier molecular flexibility index (Phi) is 2.91. The van der Waals surface area contributed by atoms with E-state index in [9.17, 15) is 18.0 Å². The van der Waals surface area contributed by atoms with Crippen LogP contribution in [0.4, 0.5) is 13.2 Å². The lowest BCUT2D eigenvalue weighted by atomic mass is 10.1. The maximum atomic E-state index is 12.9. The van der Waals surface area contributed by atoms with Gasteiger partial charge in [0.1, 0.15) is 5.69 Å². The van der Waals surface area contributed by atoms with Gasteiger partial charge in [-0.15, -0.1) is 0 Å². The van der Waals surface area contributed by atoms with Crippen LogP contribution in [0.2, 0.25) is 0 Å². The molecule has 0 unspecified atom stereocenters. The SMILES string of the molecule is O=C(c1cc(F)c(F)c(F)c1)c1ccccn1. The molecule has 2 rings (SSSR count). The van der Waals surface area contributed by atoms with Gasteiger partial charge in [0.25, 0.3) is 0 Å². The first-order valence-corrected chi connectivity index (χ1v) is 4.70. The number of aromatic nitrogens is 1. The molecule has 2 nitrogen and oxygen atoms in total. The van der Waals surface area contributed by atoms with Crippen molar-refractivity contribution in [1.29, 1.82) is 0 Å². The van der Waals surface area contributed by atoms with Gasteiger partial charge in [0.05, 0.1) is 0 Å². The van der Waals surface area contributed by atoms with Crippen LogP contribution in [0.5, 0.6) is 0 Å². The molecule has 0 N–H and O–H groups in total. The molecule has 1 heterocycles. The lowest BCUT2D eigenvalue weighted by Gasteiger charge is -2.02. The highest BCUT2D eigenvalue weighted by molar-refractivity contribution is 6.07. The van der Waals surface area contributed by atoms with Crippen LogP contribution in [0.1, 0.15) is 16.1 Å². The summed E-state index contributed by atoms with van der Waals surface area (Å²) in [5, 5.41) is 0. The fraction of sp³-hybridized carbons (Fsp3) is 0. The van der Waals surface area contributed by atoms with E-state index < -0.39 is 23.2 Å². The Morgan fingerprint density at radius 3 is 2.24 bits per heavy atom. The molecule has 0 amide bonds. The number of carbonyl (C=O) groups is 1. The van der Waals surface area contributed by atoms with E-state index >= 15 is 0 Å². The van der Waals surface area contributed by atoms with Gasteiger partial charge in [-0.25, -0.2) is 13.2 Å². The van der Waals surface area contributed by atoms with E-state index in [0.29, 0.717) is 12.1 Å². The van der Waals surface area contributed by atoms with Gasteiger partial charge >= 0.3 is 0 Å². The van der Waals surface area contributed by atoms with E-state index in [2.05, 4.69) is 4.98 Å². The monoisotopic (exact) mass is 237 g/mol. The highest BCUT2D eigenvalue weighted by atomic mass is 19.2. The molecule has 0 atom stereocenters. The quantitative estimate of drug-likeness (QED) is 0.593. The maximum Gasteiger partial charge on any atom is 0.211 e. The van der Waals surface area contributed by atoms with Crippen LogP contribution < -0.4 is 0 Å². The van der Waals surface area contributed by atoms with Crippen molar-refractivity contribution in [3.05, 3.63) is 65.2 Å². The van der Waals surface area contributed by atoms with Crippen molar-refractivity contribution in [3.63, 3.8) is 0 Å². The van der Waals surface area contributed by atoms with E-state index in [1.54, 1.807) is 12.1 Å². The second kappa shape index (κ2) is 4.37. The van der Waals surface area contributed by atoms with Crippen LogP contribution in [0.25, 0.3) is 0 Å². The summed E-state index contributed by atoms with van der Waals surface area (Å²) in [5.41, 5.74) is -0.238. The summed E-state index contributed by atoms with van der Waals surface area (Å²) in [4.78, 5) is 15.5. The highest BCUT2D eigenvalue weighted by Crippen LogP contribution is 2.15. The number of pyridine rings is 1. The minimum absolute atomic E-state index is 0.0397. The van der Waals surface area contributed by atoms with E-state index in [1.807, 2.05) is 0 Å². The fourth-order valence-electron chi connectivity index (χ4n) is 1.33. The summed E-state index contributed by atoms with van der Waals surface area (Å²) in [6.45, 7) is 0. The summed E-state index contributed by atoms with van der Waals surface area (Å²) in [6.07, 6.45) is 1.38. The predicted molar refractivity (Wildman–Crippen MR) is 54.0 cm³/mol. The van der Waals surface area contributed by atoms with Crippen molar-refractivity contribution in [1.82, 2.24) is 4.98 Å². The molecule has 0 saturated carbocycles. The summed E-state index contributed by atoms with van der Waals surface area (Å²) < 4.78 is 38.6. The largest absolute Gasteiger partial charge is 0.287 e. The molecule has 86 valence electrons. The van der Waals surface area contributed by atoms with Crippen LogP contribution in [0.15, 0.2) is 36.5 Å². The van der Waals surface area contributed by atoms with Gasteiger partial charge in [-0.1, -0.05) is 6.07 Å². The Morgan fingerprint density at radius 1 is 1.06 bits per heavy atom. The second-order valence-corrected chi connectivity index (χ2v) is 3.30. The molecule has 1 aromatic heterocycles. The first-order chi connectivity index (χ1) is 8.09. The van der Waals surface area contributed by atoms with Gasteiger partial charge in [-0.2, -0.15) is 0 Å². The van der Waals surface area contributed by atoms with Crippen LogP contribution in [-0.4, -0.2) is 10.8 Å². The molecule has 0 bridgehead atoms. The average Bonchev–Trinajstić information content (AvgIpc) is 2.35. The molecule has 5 heteroatoms. The maximum absolute atomic E-state index is 12.9. The van der Waals surface area contributed by atoms with E-state index in [-0.39, 0.29) is 11.3 Å². The van der Waals surface area contributed by atoms with Gasteiger partial charge < -0.3 is 0 Å². The normalized spacial score (nSPS) is 10.3. The van der Waals surface area contributed by atoms with Crippen LogP contribution in [0.3, 0.4) is 0 Å². The number of carbonyl (C=O) groups excluding carboxylic acids is 1. The van der Waals surface area contributed by atoms with Crippen molar-refractivity contribution in [3.8, 4) is 0 Å². The van der Waals surface area contributed by atoms with Crippen LogP contribution >= 0.6 is 0 Å². The van der Waals surface area contributed by atoms with Crippen LogP contribution in [0, 0.1) is 17.5 Å². The van der Waals surface area contributed by atoms with Crippen molar-refractivity contribution < 1.29 is 18.0 Å². The number of benzene rings is 1. The molecule has 0 aliphatic heterocycles. The number of hydrogen-bond acceptors (Lipinski definition) is 2. The number of nitrogens with zero attached hydrogens (tertiary/aromatic N) is 1. The van der Waals surface area contributed by atoms with E-state index in [1.165, 1.54) is 12.3 Å². The Labute approximate surface area is 94.7 Å². The number of ketones is 1. The molecule has 0 aliphatic carbocycles. The van der Waals surface area contributed by atoms with Crippen LogP contribution in [-0.2, 0) is 0 Å². The minimum Gasteiger partial charge on any atom is -0.287 e. The molecule has 1 aromatic carbocycles.